The molecule has 2 rings (SSSR count). The van der Waals surface area contributed by atoms with Gasteiger partial charge in [-0.15, -0.1) is 0 Å². The highest BCUT2D eigenvalue weighted by Gasteiger charge is 2.22. The summed E-state index contributed by atoms with van der Waals surface area (Å²) in [7, 11) is 0. The molecule has 1 unspecified atom stereocenters. The first-order valence-electron chi connectivity index (χ1n) is 6.52. The first kappa shape index (κ1) is 15.7. The second-order valence-corrected chi connectivity index (χ2v) is 5.30. The van der Waals surface area contributed by atoms with Gasteiger partial charge in [-0.3, -0.25) is 4.79 Å². The molecule has 1 aromatic carbocycles. The van der Waals surface area contributed by atoms with Crippen LogP contribution in [0.4, 0.5) is 0 Å². The molecule has 0 saturated heterocycles. The third-order valence-corrected chi connectivity index (χ3v) is 3.38. The molecule has 110 valence electrons. The highest BCUT2D eigenvalue weighted by atomic mass is 35.5. The lowest BCUT2D eigenvalue weighted by Gasteiger charge is -2.18. The van der Waals surface area contributed by atoms with Crippen molar-refractivity contribution in [3.05, 3.63) is 52.5 Å². The lowest BCUT2D eigenvalue weighted by Crippen LogP contribution is -2.27. The van der Waals surface area contributed by atoms with Crippen molar-refractivity contribution in [3.63, 3.8) is 0 Å². The molecule has 0 amide bonds. The number of Topliss-reactive ketones (excluding diaryl/α,β-unsaturated/α-hetero) is 1. The highest BCUT2D eigenvalue weighted by Crippen LogP contribution is 2.29. The summed E-state index contributed by atoms with van der Waals surface area (Å²) in [5, 5.41) is 0.892. The van der Waals surface area contributed by atoms with Crippen molar-refractivity contribution in [3.8, 4) is 5.75 Å². The summed E-state index contributed by atoms with van der Waals surface area (Å²) in [4.78, 5) is 20.2. The number of nitrogens with zero attached hydrogens (tertiary/aromatic N) is 2. The van der Waals surface area contributed by atoms with Crippen LogP contribution < -0.4 is 4.74 Å². The van der Waals surface area contributed by atoms with Gasteiger partial charge in [-0.1, -0.05) is 36.5 Å². The SMILES string of the molecule is CCCC(Oc1ccc(Cl)cc1Cl)C(=O)c1cncnc1. The van der Waals surface area contributed by atoms with Crippen LogP contribution in [-0.4, -0.2) is 21.9 Å². The first-order valence-corrected chi connectivity index (χ1v) is 7.28. The molecule has 6 heteroatoms. The Balaban J connectivity index is 2.21. The van der Waals surface area contributed by atoms with E-state index in [0.29, 0.717) is 27.8 Å². The van der Waals surface area contributed by atoms with E-state index >= 15 is 0 Å². The second kappa shape index (κ2) is 7.38. The number of carbonyl (C=O) groups is 1. The fourth-order valence-electron chi connectivity index (χ4n) is 1.84. The van der Waals surface area contributed by atoms with Crippen LogP contribution in [0.3, 0.4) is 0 Å². The molecule has 1 aromatic heterocycles. The molecule has 0 bridgehead atoms. The monoisotopic (exact) mass is 324 g/mol. The second-order valence-electron chi connectivity index (χ2n) is 4.46. The zero-order valence-corrected chi connectivity index (χ0v) is 12.9. The van der Waals surface area contributed by atoms with E-state index < -0.39 is 6.10 Å². The number of ketones is 1. The normalized spacial score (nSPS) is 12.0. The minimum atomic E-state index is -0.625. The third-order valence-electron chi connectivity index (χ3n) is 2.85. The average molecular weight is 325 g/mol. The van der Waals surface area contributed by atoms with Crippen LogP contribution in [0.25, 0.3) is 0 Å². The van der Waals surface area contributed by atoms with Gasteiger partial charge in [-0.05, 0) is 24.6 Å². The van der Waals surface area contributed by atoms with E-state index in [1.807, 2.05) is 6.92 Å². The van der Waals surface area contributed by atoms with E-state index in [2.05, 4.69) is 9.97 Å². The summed E-state index contributed by atoms with van der Waals surface area (Å²) in [6.45, 7) is 1.98. The molecule has 21 heavy (non-hydrogen) atoms. The predicted octanol–water partition coefficient (Wildman–Crippen LogP) is 4.21. The minimum absolute atomic E-state index is 0.163. The molecule has 1 heterocycles. The minimum Gasteiger partial charge on any atom is -0.481 e. The maximum atomic E-state index is 12.4. The molecule has 0 fully saturated rings. The van der Waals surface area contributed by atoms with Crippen molar-refractivity contribution < 1.29 is 9.53 Å². The Labute approximate surface area is 133 Å². The number of hydrogen-bond acceptors (Lipinski definition) is 4. The quantitative estimate of drug-likeness (QED) is 0.747. The van der Waals surface area contributed by atoms with Crippen molar-refractivity contribution in [1.29, 1.82) is 0 Å². The molecule has 4 nitrogen and oxygen atoms in total. The summed E-state index contributed by atoms with van der Waals surface area (Å²) in [5.41, 5.74) is 0.418. The fourth-order valence-corrected chi connectivity index (χ4v) is 2.30. The third kappa shape index (κ3) is 4.16. The lowest BCUT2D eigenvalue weighted by atomic mass is 10.1. The Kier molecular flexibility index (Phi) is 5.53. The number of carbonyl (C=O) groups excluding carboxylic acids is 1. The summed E-state index contributed by atoms with van der Waals surface area (Å²) < 4.78 is 5.76. The average Bonchev–Trinajstić information content (AvgIpc) is 2.49. The van der Waals surface area contributed by atoms with E-state index in [0.717, 1.165) is 6.42 Å². The number of hydrogen-bond donors (Lipinski definition) is 0. The van der Waals surface area contributed by atoms with E-state index in [-0.39, 0.29) is 5.78 Å². The van der Waals surface area contributed by atoms with Gasteiger partial charge in [0.2, 0.25) is 5.78 Å². The zero-order valence-electron chi connectivity index (χ0n) is 11.4. The Morgan fingerprint density at radius 2 is 2.00 bits per heavy atom. The Morgan fingerprint density at radius 1 is 1.29 bits per heavy atom. The largest absolute Gasteiger partial charge is 0.481 e. The molecule has 0 spiro atoms. The van der Waals surface area contributed by atoms with Crippen LogP contribution in [0.2, 0.25) is 10.0 Å². The van der Waals surface area contributed by atoms with E-state index in [1.54, 1.807) is 18.2 Å². The topological polar surface area (TPSA) is 52.1 Å². The number of rotatable bonds is 6. The van der Waals surface area contributed by atoms with Gasteiger partial charge in [0.05, 0.1) is 10.6 Å². The maximum absolute atomic E-state index is 12.4. The van der Waals surface area contributed by atoms with Crippen molar-refractivity contribution in [2.24, 2.45) is 0 Å². The summed E-state index contributed by atoms with van der Waals surface area (Å²) in [6.07, 6.45) is 5.08. The molecule has 0 aliphatic carbocycles. The molecular formula is C15H14Cl2N2O2. The van der Waals surface area contributed by atoms with Crippen molar-refractivity contribution in [2.75, 3.05) is 0 Å². The van der Waals surface area contributed by atoms with Gasteiger partial charge < -0.3 is 4.74 Å². The molecule has 0 aliphatic heterocycles. The fraction of sp³-hybridized carbons (Fsp3) is 0.267. The smallest absolute Gasteiger partial charge is 0.206 e. The number of halogens is 2. The lowest BCUT2D eigenvalue weighted by molar-refractivity contribution is 0.0776. The predicted molar refractivity (Wildman–Crippen MR) is 82.1 cm³/mol. The zero-order chi connectivity index (χ0) is 15.2. The van der Waals surface area contributed by atoms with Gasteiger partial charge in [0.15, 0.2) is 6.10 Å². The standard InChI is InChI=1S/C15H14Cl2N2O2/c1-2-3-14(15(20)10-7-18-9-19-8-10)21-13-5-4-11(16)6-12(13)17/h4-9,14H,2-3H2,1H3. The van der Waals surface area contributed by atoms with Crippen LogP contribution >= 0.6 is 23.2 Å². The van der Waals surface area contributed by atoms with E-state index in [4.69, 9.17) is 27.9 Å². The molecule has 2 aromatic rings. The number of benzene rings is 1. The van der Waals surface area contributed by atoms with Crippen molar-refractivity contribution in [2.45, 2.75) is 25.9 Å². The molecule has 1 atom stereocenters. The van der Waals surface area contributed by atoms with Crippen LogP contribution in [0, 0.1) is 0 Å². The Morgan fingerprint density at radius 3 is 2.62 bits per heavy atom. The van der Waals surface area contributed by atoms with Gasteiger partial charge >= 0.3 is 0 Å². The van der Waals surface area contributed by atoms with Crippen LogP contribution in [-0.2, 0) is 0 Å². The van der Waals surface area contributed by atoms with Gasteiger partial charge in [0, 0.05) is 17.4 Å². The first-order chi connectivity index (χ1) is 10.1. The van der Waals surface area contributed by atoms with Crippen LogP contribution in [0.15, 0.2) is 36.9 Å². The van der Waals surface area contributed by atoms with Gasteiger partial charge in [-0.2, -0.15) is 0 Å². The Bertz CT molecular complexity index is 620. The molecule has 0 saturated carbocycles. The maximum Gasteiger partial charge on any atom is 0.206 e. The molecule has 0 aliphatic rings. The summed E-state index contributed by atoms with van der Waals surface area (Å²) in [6, 6.07) is 4.90. The molecular weight excluding hydrogens is 311 g/mol. The highest BCUT2D eigenvalue weighted by molar-refractivity contribution is 6.35. The number of ether oxygens (including phenoxy) is 1. The molecule has 0 N–H and O–H groups in total. The van der Waals surface area contributed by atoms with Gasteiger partial charge in [0.1, 0.15) is 12.1 Å². The molecule has 0 radical (unpaired) electrons. The van der Waals surface area contributed by atoms with Gasteiger partial charge in [-0.25, -0.2) is 9.97 Å². The van der Waals surface area contributed by atoms with E-state index in [9.17, 15) is 4.79 Å². The van der Waals surface area contributed by atoms with Crippen molar-refractivity contribution >= 4 is 29.0 Å². The van der Waals surface area contributed by atoms with Crippen LogP contribution in [0.5, 0.6) is 5.75 Å². The summed E-state index contributed by atoms with van der Waals surface area (Å²) in [5.74, 6) is 0.271. The summed E-state index contributed by atoms with van der Waals surface area (Å²) >= 11 is 11.9. The number of aromatic nitrogens is 2. The van der Waals surface area contributed by atoms with Gasteiger partial charge in [0.25, 0.3) is 0 Å². The van der Waals surface area contributed by atoms with E-state index in [1.165, 1.54) is 18.7 Å². The van der Waals surface area contributed by atoms with Crippen molar-refractivity contribution in [1.82, 2.24) is 9.97 Å². The van der Waals surface area contributed by atoms with Crippen LogP contribution in [0.1, 0.15) is 30.1 Å². The Hall–Kier alpha value is -1.65.